The third-order valence-corrected chi connectivity index (χ3v) is 18.4. The normalized spacial score (nSPS) is 43.8. The third-order valence-electron chi connectivity index (χ3n) is 16.7. The summed E-state index contributed by atoms with van der Waals surface area (Å²) in [6, 6.07) is 0. The Kier molecular flexibility index (Phi) is 9.84. The molecule has 0 amide bonds. The molecule has 2 N–H and O–H groups in total. The van der Waals surface area contributed by atoms with Gasteiger partial charge in [-0.05, 0) is 131 Å². The van der Waals surface area contributed by atoms with Crippen molar-refractivity contribution in [2.24, 2.45) is 56.7 Å². The zero-order valence-corrected chi connectivity index (χ0v) is 33.4. The van der Waals surface area contributed by atoms with Crippen LogP contribution >= 0.6 is 0 Å². The predicted molar refractivity (Wildman–Crippen MR) is 198 cm³/mol. The van der Waals surface area contributed by atoms with E-state index in [2.05, 4.69) is 58.3 Å². The van der Waals surface area contributed by atoms with Gasteiger partial charge in [-0.2, -0.15) is 0 Å². The van der Waals surface area contributed by atoms with E-state index in [1.807, 2.05) is 0 Å². The summed E-state index contributed by atoms with van der Waals surface area (Å²) in [6.07, 6.45) is 11.1. The number of carbonyl (C=O) groups is 2. The summed E-state index contributed by atoms with van der Waals surface area (Å²) in [6.45, 7) is 25.9. The lowest BCUT2D eigenvalue weighted by Gasteiger charge is -2.73. The number of ether oxygens (including phenoxy) is 1. The van der Waals surface area contributed by atoms with Gasteiger partial charge >= 0.3 is 11.9 Å². The average Bonchev–Trinajstić information content (AvgIpc) is 3.39. The molecule has 5 saturated carbocycles. The van der Waals surface area contributed by atoms with E-state index in [4.69, 9.17) is 4.74 Å². The Hall–Kier alpha value is -1.45. The summed E-state index contributed by atoms with van der Waals surface area (Å²) in [5.41, 5.74) is 0.825. The Bertz CT molecular complexity index is 1460. The first-order valence-corrected chi connectivity index (χ1v) is 21.7. The van der Waals surface area contributed by atoms with Gasteiger partial charge in [0.25, 0.3) is 0 Å². The molecule has 0 spiro atoms. The maximum atomic E-state index is 13.3. The molecule has 0 aromatic heterocycles. The summed E-state index contributed by atoms with van der Waals surface area (Å²) < 4.78 is 30.3. The first kappa shape index (κ1) is 38.3. The fourth-order valence-electron chi connectivity index (χ4n) is 13.8. The Morgan fingerprint density at radius 1 is 0.900 bits per heavy atom. The van der Waals surface area contributed by atoms with Crippen molar-refractivity contribution in [1.29, 1.82) is 0 Å². The number of sulfone groups is 1. The van der Waals surface area contributed by atoms with Crippen LogP contribution in [0.1, 0.15) is 126 Å². The van der Waals surface area contributed by atoms with E-state index in [1.54, 1.807) is 13.8 Å². The van der Waals surface area contributed by atoms with Gasteiger partial charge in [0.2, 0.25) is 0 Å². The van der Waals surface area contributed by atoms with Gasteiger partial charge < -0.3 is 20.1 Å². The Balaban J connectivity index is 1.21. The highest BCUT2D eigenvalue weighted by Gasteiger charge is 2.71. The van der Waals surface area contributed by atoms with E-state index >= 15 is 0 Å². The number of hydrogen-bond donors (Lipinski definition) is 2. The number of aliphatic carboxylic acids is 1. The van der Waals surface area contributed by atoms with E-state index in [-0.39, 0.29) is 57.2 Å². The van der Waals surface area contributed by atoms with Crippen LogP contribution in [0.4, 0.5) is 0 Å². The van der Waals surface area contributed by atoms with Crippen LogP contribution in [-0.4, -0.2) is 79.7 Å². The molecule has 1 saturated heterocycles. The highest BCUT2D eigenvalue weighted by atomic mass is 32.2. The van der Waals surface area contributed by atoms with Gasteiger partial charge in [0.15, 0.2) is 9.84 Å². The van der Waals surface area contributed by atoms with Crippen molar-refractivity contribution in [3.63, 3.8) is 0 Å². The minimum atomic E-state index is -2.87. The zero-order valence-electron chi connectivity index (χ0n) is 32.5. The molecule has 8 nitrogen and oxygen atoms in total. The van der Waals surface area contributed by atoms with Crippen LogP contribution in [0.3, 0.4) is 0 Å². The molecule has 2 unspecified atom stereocenters. The third kappa shape index (κ3) is 6.13. The van der Waals surface area contributed by atoms with Crippen molar-refractivity contribution in [3.05, 3.63) is 12.2 Å². The maximum absolute atomic E-state index is 13.3. The van der Waals surface area contributed by atoms with Crippen LogP contribution in [-0.2, 0) is 24.2 Å². The van der Waals surface area contributed by atoms with Gasteiger partial charge in [0, 0.05) is 37.1 Å². The topological polar surface area (TPSA) is 113 Å². The van der Waals surface area contributed by atoms with Crippen molar-refractivity contribution in [3.8, 4) is 0 Å². The van der Waals surface area contributed by atoms with Crippen LogP contribution in [0.25, 0.3) is 0 Å². The molecule has 0 bridgehead atoms. The first-order chi connectivity index (χ1) is 23.1. The van der Waals surface area contributed by atoms with Gasteiger partial charge in [0.05, 0.1) is 23.3 Å². The summed E-state index contributed by atoms with van der Waals surface area (Å²) in [5, 5.41) is 13.6. The van der Waals surface area contributed by atoms with Crippen LogP contribution in [0.5, 0.6) is 0 Å². The molecule has 1 aliphatic heterocycles. The molecule has 9 heteroatoms. The number of allylic oxidation sites excluding steroid dienone is 1. The molecule has 284 valence electrons. The van der Waals surface area contributed by atoms with Crippen molar-refractivity contribution in [2.45, 2.75) is 138 Å². The summed E-state index contributed by atoms with van der Waals surface area (Å²) in [4.78, 5) is 27.1. The molecule has 0 aromatic rings. The zero-order chi connectivity index (χ0) is 36.7. The molecule has 10 atom stereocenters. The van der Waals surface area contributed by atoms with Crippen LogP contribution in [0, 0.1) is 56.7 Å². The van der Waals surface area contributed by atoms with E-state index in [0.29, 0.717) is 42.7 Å². The number of fused-ring (bicyclic) bond motifs is 7. The van der Waals surface area contributed by atoms with Crippen molar-refractivity contribution in [2.75, 3.05) is 37.7 Å². The molecule has 6 rings (SSSR count). The smallest absolute Gasteiger partial charge is 0.312 e. The van der Waals surface area contributed by atoms with Crippen LogP contribution < -0.4 is 5.32 Å². The van der Waals surface area contributed by atoms with Crippen molar-refractivity contribution >= 4 is 21.8 Å². The van der Waals surface area contributed by atoms with E-state index in [1.165, 1.54) is 50.5 Å². The van der Waals surface area contributed by atoms with E-state index in [0.717, 1.165) is 32.4 Å². The van der Waals surface area contributed by atoms with E-state index in [9.17, 15) is 23.1 Å². The van der Waals surface area contributed by atoms with Gasteiger partial charge in [-0.15, -0.1) is 0 Å². The molecular weight excluding hydrogens is 649 g/mol. The lowest BCUT2D eigenvalue weighted by atomic mass is 9.32. The minimum absolute atomic E-state index is 0.123. The molecule has 6 aliphatic rings. The second-order valence-electron chi connectivity index (χ2n) is 20.0. The second kappa shape index (κ2) is 12.8. The van der Waals surface area contributed by atoms with Gasteiger partial charge in [-0.1, -0.05) is 46.8 Å². The lowest BCUT2D eigenvalue weighted by molar-refractivity contribution is -0.247. The van der Waals surface area contributed by atoms with Crippen LogP contribution in [0.15, 0.2) is 12.2 Å². The summed E-state index contributed by atoms with van der Waals surface area (Å²) in [7, 11) is -2.87. The van der Waals surface area contributed by atoms with Crippen LogP contribution in [0.2, 0.25) is 0 Å². The van der Waals surface area contributed by atoms with E-state index < -0.39 is 21.2 Å². The SMILES string of the molecule is C=C(C)[C@@H]1CCC2(NCCN3CCS(=O)(=O)CC3)CC[C@]3(C)C(CC[C@@H]4[C@@]5(C)CC[C@H](OC(=O)C(C)(C)CC(=O)O)C(C)(C)[C@@H]5CC[C@]43C)[C@@H]12. The highest BCUT2D eigenvalue weighted by Crippen LogP contribution is 2.76. The van der Waals surface area contributed by atoms with Gasteiger partial charge in [-0.25, -0.2) is 8.42 Å². The molecule has 0 aromatic carbocycles. The summed E-state index contributed by atoms with van der Waals surface area (Å²) >= 11 is 0. The monoisotopic (exact) mass is 716 g/mol. The number of carboxylic acids is 1. The van der Waals surface area contributed by atoms with Crippen molar-refractivity contribution in [1.82, 2.24) is 10.2 Å². The van der Waals surface area contributed by atoms with Gasteiger partial charge in [-0.3, -0.25) is 9.59 Å². The maximum Gasteiger partial charge on any atom is 0.312 e. The Morgan fingerprint density at radius 2 is 1.58 bits per heavy atom. The Labute approximate surface area is 303 Å². The number of carboxylic acid groups (broad SMARTS) is 1. The van der Waals surface area contributed by atoms with Crippen molar-refractivity contribution < 1.29 is 27.9 Å². The number of rotatable bonds is 9. The number of nitrogens with one attached hydrogen (secondary N) is 1. The summed E-state index contributed by atoms with van der Waals surface area (Å²) in [5.74, 6) is 1.99. The van der Waals surface area contributed by atoms with Gasteiger partial charge in [0.1, 0.15) is 6.10 Å². The standard InChI is InChI=1S/C41H68N2O6S/c1-27(2)28-12-17-41(42-20-21-43-22-24-50(47,48)25-23-43)19-18-39(8)29(34(28)41)10-11-31-38(7)15-14-32(49-35(46)36(3,4)26-33(44)45)37(5,6)30(38)13-16-40(31,39)9/h28-32,34,42H,1,10-26H2,2-9H3,(H,44,45)/t28-,29?,30-,31+,32-,34+,38-,39+,40+,41?/m0/s1. The highest BCUT2D eigenvalue weighted by molar-refractivity contribution is 7.91. The largest absolute Gasteiger partial charge is 0.481 e. The average molecular weight is 717 g/mol. The fraction of sp³-hybridized carbons (Fsp3) is 0.902. The number of hydrogen-bond acceptors (Lipinski definition) is 7. The molecule has 5 aliphatic carbocycles. The fourth-order valence-corrected chi connectivity index (χ4v) is 15.1. The predicted octanol–water partition coefficient (Wildman–Crippen LogP) is 7.13. The molecule has 6 fully saturated rings. The number of nitrogens with zero attached hydrogens (tertiary/aromatic N) is 1. The first-order valence-electron chi connectivity index (χ1n) is 19.9. The molecule has 50 heavy (non-hydrogen) atoms. The molecule has 1 heterocycles. The minimum Gasteiger partial charge on any atom is -0.481 e. The second-order valence-corrected chi connectivity index (χ2v) is 22.3. The quantitative estimate of drug-likeness (QED) is 0.192. The molecular formula is C41H68N2O6S. The number of carbonyl (C=O) groups excluding carboxylic acids is 1. The lowest BCUT2D eigenvalue weighted by Crippen LogP contribution is -2.69. The molecule has 0 radical (unpaired) electrons. The number of esters is 1. The Morgan fingerprint density at radius 3 is 2.22 bits per heavy atom.